The van der Waals surface area contributed by atoms with Gasteiger partial charge in [-0.05, 0) is 89.8 Å². The van der Waals surface area contributed by atoms with E-state index in [4.69, 9.17) is 14.1 Å². The van der Waals surface area contributed by atoms with E-state index >= 15 is 0 Å². The molecule has 0 aliphatic heterocycles. The van der Waals surface area contributed by atoms with Crippen molar-refractivity contribution in [3.8, 4) is 22.3 Å². The molecule has 4 aromatic rings. The molecule has 0 fully saturated rings. The Morgan fingerprint density at radius 3 is 1.05 bits per heavy atom. The van der Waals surface area contributed by atoms with Crippen molar-refractivity contribution < 1.29 is 0 Å². The van der Waals surface area contributed by atoms with Crippen molar-refractivity contribution in [3.63, 3.8) is 0 Å². The van der Waals surface area contributed by atoms with E-state index < -0.39 is 0 Å². The minimum atomic E-state index is 0.289. The van der Waals surface area contributed by atoms with E-state index in [-0.39, 0.29) is 24.2 Å². The fourth-order valence-electron chi connectivity index (χ4n) is 6.34. The van der Waals surface area contributed by atoms with Crippen molar-refractivity contribution in [1.29, 1.82) is 0 Å². The second-order valence-electron chi connectivity index (χ2n) is 12.9. The molecule has 0 amide bonds. The monoisotopic (exact) mass is 561 g/mol. The van der Waals surface area contributed by atoms with Gasteiger partial charge in [0, 0.05) is 19.2 Å². The van der Waals surface area contributed by atoms with Gasteiger partial charge < -0.3 is 13.9 Å². The molecule has 0 N–H and O–H groups in total. The fourth-order valence-corrected chi connectivity index (χ4v) is 6.34. The van der Waals surface area contributed by atoms with Crippen molar-refractivity contribution in [2.45, 2.75) is 79.6 Å². The first-order valence-electron chi connectivity index (χ1n) is 15.4. The molecule has 0 unspecified atom stereocenters. The van der Waals surface area contributed by atoms with Crippen LogP contribution in [0.25, 0.3) is 22.3 Å². The summed E-state index contributed by atoms with van der Waals surface area (Å²) in [6.07, 6.45) is 0. The van der Waals surface area contributed by atoms with Gasteiger partial charge in [0.05, 0.1) is 24.2 Å². The highest BCUT2D eigenvalue weighted by Crippen LogP contribution is 2.47. The Hall–Kier alpha value is -3.40. The number of anilines is 2. The summed E-state index contributed by atoms with van der Waals surface area (Å²) in [5.41, 5.74) is 9.63. The lowest BCUT2D eigenvalue weighted by atomic mass is 9.98. The van der Waals surface area contributed by atoms with Crippen molar-refractivity contribution in [3.05, 3.63) is 111 Å². The van der Waals surface area contributed by atoms with Crippen LogP contribution in [0.2, 0.25) is 0 Å². The number of quaternary nitrogens is 2. The number of hydrogen-bond acceptors (Lipinski definition) is 1. The smallest absolute Gasteiger partial charge is 0.131 e. The molecule has 0 spiro atoms. The Balaban J connectivity index is 2.00. The van der Waals surface area contributed by atoms with Gasteiger partial charge in [-0.3, -0.25) is 0 Å². The Kier molecular flexibility index (Phi) is 9.35. The lowest BCUT2D eigenvalue weighted by Gasteiger charge is -2.52. The molecule has 3 nitrogen and oxygen atoms in total. The summed E-state index contributed by atoms with van der Waals surface area (Å²) in [4.78, 5) is 2.38. The predicted octanol–water partition coefficient (Wildman–Crippen LogP) is 10.6. The van der Waals surface area contributed by atoms with Crippen LogP contribution in [0.5, 0.6) is 0 Å². The molecule has 0 saturated carbocycles. The molecular formula is C39H51N3. The summed E-state index contributed by atoms with van der Waals surface area (Å²) >= 11 is 0. The predicted molar refractivity (Wildman–Crippen MR) is 187 cm³/mol. The van der Waals surface area contributed by atoms with E-state index in [2.05, 4.69) is 164 Å². The molecule has 222 valence electrons. The SMILES string of the molecule is [CH2-][N+](c1cc(-c2ccccc2)ccc1N(C)c1ccc(-c2ccccc2)cc1[N+]([CH2-])(C(C)C)C(C)C)(C(C)C)C(C)C. The molecule has 0 bridgehead atoms. The number of rotatable bonds is 10. The second kappa shape index (κ2) is 12.5. The quantitative estimate of drug-likeness (QED) is 0.137. The topological polar surface area (TPSA) is 3.24 Å². The van der Waals surface area contributed by atoms with Crippen LogP contribution in [0.1, 0.15) is 55.4 Å². The third-order valence-corrected chi connectivity index (χ3v) is 9.47. The molecule has 0 heterocycles. The third-order valence-electron chi connectivity index (χ3n) is 9.47. The number of nitrogens with zero attached hydrogens (tertiary/aromatic N) is 3. The zero-order valence-corrected chi connectivity index (χ0v) is 27.3. The van der Waals surface area contributed by atoms with E-state index in [1.165, 1.54) is 45.0 Å². The summed E-state index contributed by atoms with van der Waals surface area (Å²) in [5, 5.41) is 0. The highest BCUT2D eigenvalue weighted by Gasteiger charge is 2.34. The van der Waals surface area contributed by atoms with Gasteiger partial charge in [0.15, 0.2) is 0 Å². The van der Waals surface area contributed by atoms with Gasteiger partial charge in [0.25, 0.3) is 0 Å². The van der Waals surface area contributed by atoms with Crippen LogP contribution in [0.3, 0.4) is 0 Å². The zero-order valence-electron chi connectivity index (χ0n) is 27.3. The normalized spacial score (nSPS) is 12.5. The Bertz CT molecular complexity index is 1340. The number of hydrogen-bond donors (Lipinski definition) is 0. The van der Waals surface area contributed by atoms with E-state index in [9.17, 15) is 0 Å². The molecule has 3 heteroatoms. The first kappa shape index (κ1) is 31.5. The Morgan fingerprint density at radius 1 is 0.452 bits per heavy atom. The van der Waals surface area contributed by atoms with E-state index in [0.717, 1.165) is 0 Å². The lowest BCUT2D eigenvalue weighted by Crippen LogP contribution is -2.55. The summed E-state index contributed by atoms with van der Waals surface area (Å²) in [6, 6.07) is 36.3. The van der Waals surface area contributed by atoms with Crippen molar-refractivity contribution >= 4 is 22.7 Å². The largest absolute Gasteiger partial charge is 0.418 e. The molecule has 0 saturated heterocycles. The summed E-state index contributed by atoms with van der Waals surface area (Å²) < 4.78 is 1.16. The van der Waals surface area contributed by atoms with Gasteiger partial charge in [0.2, 0.25) is 0 Å². The molecule has 0 aliphatic carbocycles. The van der Waals surface area contributed by atoms with Crippen LogP contribution in [-0.2, 0) is 0 Å². The maximum atomic E-state index is 4.89. The maximum Gasteiger partial charge on any atom is 0.131 e. The van der Waals surface area contributed by atoms with Crippen molar-refractivity contribution in [1.82, 2.24) is 8.97 Å². The molecule has 42 heavy (non-hydrogen) atoms. The average Bonchev–Trinajstić information content (AvgIpc) is 2.99. The van der Waals surface area contributed by atoms with Gasteiger partial charge >= 0.3 is 0 Å². The summed E-state index contributed by atoms with van der Waals surface area (Å²) in [6.45, 7) is 18.2. The molecule has 0 atom stereocenters. The molecule has 0 aromatic heterocycles. The Labute approximate surface area is 256 Å². The highest BCUT2D eigenvalue weighted by molar-refractivity contribution is 5.87. The van der Waals surface area contributed by atoms with Crippen molar-refractivity contribution in [2.75, 3.05) is 11.9 Å². The van der Waals surface area contributed by atoms with Gasteiger partial charge in [0.1, 0.15) is 22.7 Å². The van der Waals surface area contributed by atoms with E-state index in [0.29, 0.717) is 8.97 Å². The number of benzene rings is 4. The highest BCUT2D eigenvalue weighted by atomic mass is 15.4. The standard InChI is InChI=1S/C39H51N3/c1-28(2)41(10,29(3)4)38-26-34(32-18-14-12-15-19-32)22-24-36(38)40(9)37-25-23-35(33-20-16-13-17-21-33)27-39(37)42(11,30(5)6)31(7)8/h12-31H,10-11H2,1-9H3. The molecule has 4 rings (SSSR count). The van der Waals surface area contributed by atoms with Crippen molar-refractivity contribution in [2.24, 2.45) is 0 Å². The van der Waals surface area contributed by atoms with E-state index in [1.54, 1.807) is 0 Å². The van der Waals surface area contributed by atoms with Crippen LogP contribution >= 0.6 is 0 Å². The van der Waals surface area contributed by atoms with Gasteiger partial charge in [-0.1, -0.05) is 72.8 Å². The van der Waals surface area contributed by atoms with Crippen LogP contribution in [0.15, 0.2) is 97.1 Å². The van der Waals surface area contributed by atoms with Crippen LogP contribution in [-0.4, -0.2) is 31.2 Å². The molecule has 0 aliphatic rings. The molecule has 0 radical (unpaired) electrons. The minimum absolute atomic E-state index is 0.289. The Morgan fingerprint density at radius 2 is 0.762 bits per heavy atom. The van der Waals surface area contributed by atoms with Crippen LogP contribution in [0, 0.1) is 14.1 Å². The first-order chi connectivity index (χ1) is 19.8. The fraction of sp³-hybridized carbons (Fsp3) is 0.333. The van der Waals surface area contributed by atoms with Gasteiger partial charge in [-0.15, -0.1) is 14.1 Å². The second-order valence-corrected chi connectivity index (χ2v) is 12.9. The van der Waals surface area contributed by atoms with Crippen LogP contribution in [0.4, 0.5) is 22.7 Å². The molecule has 4 aromatic carbocycles. The van der Waals surface area contributed by atoms with Crippen LogP contribution < -0.4 is 13.9 Å². The average molecular weight is 562 g/mol. The van der Waals surface area contributed by atoms with Gasteiger partial charge in [-0.2, -0.15) is 0 Å². The van der Waals surface area contributed by atoms with Gasteiger partial charge in [-0.25, -0.2) is 0 Å². The zero-order chi connectivity index (χ0) is 30.8. The third kappa shape index (κ3) is 5.65. The molecular weight excluding hydrogens is 510 g/mol. The maximum absolute atomic E-state index is 4.89. The summed E-state index contributed by atoms with van der Waals surface area (Å²) in [7, 11) is 12.0. The van der Waals surface area contributed by atoms with E-state index in [1.807, 2.05) is 0 Å². The minimum Gasteiger partial charge on any atom is -0.418 e. The lowest BCUT2D eigenvalue weighted by molar-refractivity contribution is 0.249. The summed E-state index contributed by atoms with van der Waals surface area (Å²) in [5.74, 6) is 0. The first-order valence-corrected chi connectivity index (χ1v) is 15.4.